The van der Waals surface area contributed by atoms with Crippen molar-refractivity contribution in [3.63, 3.8) is 0 Å². The highest BCUT2D eigenvalue weighted by atomic mass is 16.5. The third-order valence-corrected chi connectivity index (χ3v) is 3.16. The van der Waals surface area contributed by atoms with Crippen molar-refractivity contribution in [2.24, 2.45) is 0 Å². The number of carbonyl (C=O) groups excluding carboxylic acids is 1. The lowest BCUT2D eigenvalue weighted by molar-refractivity contribution is -0.150. The third-order valence-electron chi connectivity index (χ3n) is 3.16. The van der Waals surface area contributed by atoms with Crippen molar-refractivity contribution >= 4 is 5.97 Å². The number of hydrogen-bond donors (Lipinski definition) is 1. The molecule has 1 N–H and O–H groups in total. The van der Waals surface area contributed by atoms with Crippen LogP contribution in [0.25, 0.3) is 0 Å². The molecule has 2 aliphatic rings. The average Bonchev–Trinajstić information content (AvgIpc) is 2.71. The monoisotopic (exact) mass is 212 g/mol. The van der Waals surface area contributed by atoms with E-state index in [9.17, 15) is 4.79 Å². The van der Waals surface area contributed by atoms with Crippen molar-refractivity contribution in [3.05, 3.63) is 0 Å². The van der Waals surface area contributed by atoms with Gasteiger partial charge in [-0.25, -0.2) is 0 Å². The lowest BCUT2D eigenvalue weighted by atomic mass is 10.3. The van der Waals surface area contributed by atoms with Crippen LogP contribution in [0.1, 0.15) is 25.7 Å². The summed E-state index contributed by atoms with van der Waals surface area (Å²) in [6.07, 6.45) is 4.76. The summed E-state index contributed by atoms with van der Waals surface area (Å²) in [5.41, 5.74) is 0. The van der Waals surface area contributed by atoms with Crippen LogP contribution in [0.2, 0.25) is 0 Å². The van der Waals surface area contributed by atoms with Gasteiger partial charge in [-0.3, -0.25) is 9.69 Å². The van der Waals surface area contributed by atoms with E-state index in [1.54, 1.807) is 0 Å². The second kappa shape index (κ2) is 5.47. The summed E-state index contributed by atoms with van der Waals surface area (Å²) < 4.78 is 5.41. The van der Waals surface area contributed by atoms with Gasteiger partial charge >= 0.3 is 5.97 Å². The zero-order chi connectivity index (χ0) is 10.5. The molecule has 15 heavy (non-hydrogen) atoms. The zero-order valence-electron chi connectivity index (χ0n) is 9.21. The number of carbonyl (C=O) groups is 1. The van der Waals surface area contributed by atoms with E-state index >= 15 is 0 Å². The Morgan fingerprint density at radius 1 is 1.27 bits per heavy atom. The molecule has 0 spiro atoms. The summed E-state index contributed by atoms with van der Waals surface area (Å²) in [5, 5.41) is 3.27. The van der Waals surface area contributed by atoms with E-state index in [2.05, 4.69) is 10.2 Å². The largest absolute Gasteiger partial charge is 0.461 e. The Hall–Kier alpha value is -0.610. The van der Waals surface area contributed by atoms with E-state index in [1.807, 2.05) is 0 Å². The highest BCUT2D eigenvalue weighted by Gasteiger charge is 2.21. The van der Waals surface area contributed by atoms with E-state index in [0.29, 0.717) is 6.54 Å². The Morgan fingerprint density at radius 3 is 2.60 bits per heavy atom. The van der Waals surface area contributed by atoms with Crippen molar-refractivity contribution < 1.29 is 9.53 Å². The maximum Gasteiger partial charge on any atom is 0.320 e. The molecule has 0 aromatic rings. The van der Waals surface area contributed by atoms with E-state index in [0.717, 1.165) is 39.0 Å². The highest BCUT2D eigenvalue weighted by Crippen LogP contribution is 2.20. The van der Waals surface area contributed by atoms with E-state index in [4.69, 9.17) is 4.74 Å². The van der Waals surface area contributed by atoms with Crippen molar-refractivity contribution in [2.45, 2.75) is 31.8 Å². The number of ether oxygens (including phenoxy) is 1. The topological polar surface area (TPSA) is 41.6 Å². The van der Waals surface area contributed by atoms with Crippen LogP contribution in [0.3, 0.4) is 0 Å². The molecule has 0 atom stereocenters. The maximum absolute atomic E-state index is 11.6. The number of nitrogens with one attached hydrogen (secondary N) is 1. The van der Waals surface area contributed by atoms with Gasteiger partial charge in [0.1, 0.15) is 6.10 Å². The molecule has 2 rings (SSSR count). The summed E-state index contributed by atoms with van der Waals surface area (Å²) in [5.74, 6) is -0.0381. The van der Waals surface area contributed by atoms with Gasteiger partial charge in [0.05, 0.1) is 6.54 Å². The number of piperazine rings is 1. The molecule has 0 aromatic heterocycles. The van der Waals surface area contributed by atoms with Gasteiger partial charge in [-0.05, 0) is 25.7 Å². The van der Waals surface area contributed by atoms with E-state index in [-0.39, 0.29) is 12.1 Å². The Balaban J connectivity index is 1.66. The quantitative estimate of drug-likeness (QED) is 0.687. The summed E-state index contributed by atoms with van der Waals surface area (Å²) in [7, 11) is 0. The first-order valence-corrected chi connectivity index (χ1v) is 5.97. The van der Waals surface area contributed by atoms with Crippen LogP contribution in [-0.2, 0) is 9.53 Å². The van der Waals surface area contributed by atoms with Gasteiger partial charge in [-0.2, -0.15) is 0 Å². The van der Waals surface area contributed by atoms with Crippen LogP contribution < -0.4 is 5.32 Å². The molecule has 1 aliphatic carbocycles. The molecule has 1 aliphatic heterocycles. The lowest BCUT2D eigenvalue weighted by Crippen LogP contribution is -2.46. The predicted molar refractivity (Wildman–Crippen MR) is 57.7 cm³/mol. The normalized spacial score (nSPS) is 24.3. The standard InChI is InChI=1S/C11H20N2O2/c14-11(15-10-3-1-2-4-10)9-13-7-5-12-6-8-13/h10,12H,1-9H2. The van der Waals surface area contributed by atoms with Gasteiger partial charge in [0.2, 0.25) is 0 Å². The second-order valence-electron chi connectivity index (χ2n) is 4.42. The molecule has 4 nitrogen and oxygen atoms in total. The Morgan fingerprint density at radius 2 is 1.93 bits per heavy atom. The number of esters is 1. The Labute approximate surface area is 91.0 Å². The van der Waals surface area contributed by atoms with Crippen LogP contribution in [-0.4, -0.2) is 49.7 Å². The highest BCUT2D eigenvalue weighted by molar-refractivity contribution is 5.71. The van der Waals surface area contributed by atoms with Crippen molar-refractivity contribution in [3.8, 4) is 0 Å². The zero-order valence-corrected chi connectivity index (χ0v) is 9.21. The molecular weight excluding hydrogens is 192 g/mol. The summed E-state index contributed by atoms with van der Waals surface area (Å²) in [6, 6.07) is 0. The van der Waals surface area contributed by atoms with Crippen LogP contribution in [0, 0.1) is 0 Å². The fraction of sp³-hybridized carbons (Fsp3) is 0.909. The molecule has 1 saturated carbocycles. The summed E-state index contributed by atoms with van der Waals surface area (Å²) in [4.78, 5) is 13.7. The molecule has 4 heteroatoms. The van der Waals surface area contributed by atoms with Gasteiger partial charge in [0.25, 0.3) is 0 Å². The lowest BCUT2D eigenvalue weighted by Gasteiger charge is -2.26. The van der Waals surface area contributed by atoms with Crippen LogP contribution in [0.15, 0.2) is 0 Å². The van der Waals surface area contributed by atoms with Crippen molar-refractivity contribution in [1.82, 2.24) is 10.2 Å². The molecule has 0 amide bonds. The fourth-order valence-electron chi connectivity index (χ4n) is 2.28. The van der Waals surface area contributed by atoms with Gasteiger partial charge in [-0.1, -0.05) is 0 Å². The minimum atomic E-state index is -0.0381. The molecule has 2 fully saturated rings. The second-order valence-corrected chi connectivity index (χ2v) is 4.42. The predicted octanol–water partition coefficient (Wildman–Crippen LogP) is 0.377. The average molecular weight is 212 g/mol. The van der Waals surface area contributed by atoms with E-state index in [1.165, 1.54) is 12.8 Å². The van der Waals surface area contributed by atoms with Gasteiger partial charge in [0.15, 0.2) is 0 Å². The first kappa shape index (κ1) is 10.9. The molecule has 0 unspecified atom stereocenters. The van der Waals surface area contributed by atoms with Gasteiger partial charge < -0.3 is 10.1 Å². The first-order chi connectivity index (χ1) is 7.34. The SMILES string of the molecule is O=C(CN1CCNCC1)OC1CCCC1. The first-order valence-electron chi connectivity index (χ1n) is 5.97. The number of rotatable bonds is 3. The molecule has 0 bridgehead atoms. The number of hydrogen-bond acceptors (Lipinski definition) is 4. The maximum atomic E-state index is 11.6. The van der Waals surface area contributed by atoms with Gasteiger partial charge in [-0.15, -0.1) is 0 Å². The van der Waals surface area contributed by atoms with Crippen molar-refractivity contribution in [2.75, 3.05) is 32.7 Å². The molecule has 1 saturated heterocycles. The smallest absolute Gasteiger partial charge is 0.320 e. The molecule has 1 heterocycles. The van der Waals surface area contributed by atoms with Gasteiger partial charge in [0, 0.05) is 26.2 Å². The van der Waals surface area contributed by atoms with E-state index < -0.39 is 0 Å². The minimum Gasteiger partial charge on any atom is -0.461 e. The molecular formula is C11H20N2O2. The summed E-state index contributed by atoms with van der Waals surface area (Å²) in [6.45, 7) is 4.35. The molecule has 0 radical (unpaired) electrons. The fourth-order valence-corrected chi connectivity index (χ4v) is 2.28. The van der Waals surface area contributed by atoms with Crippen molar-refractivity contribution in [1.29, 1.82) is 0 Å². The minimum absolute atomic E-state index is 0.0381. The Kier molecular flexibility index (Phi) is 3.97. The van der Waals surface area contributed by atoms with Crippen LogP contribution in [0.5, 0.6) is 0 Å². The summed E-state index contributed by atoms with van der Waals surface area (Å²) >= 11 is 0. The Bertz CT molecular complexity index is 209. The van der Waals surface area contributed by atoms with Crippen LogP contribution >= 0.6 is 0 Å². The molecule has 0 aromatic carbocycles. The molecule has 86 valence electrons. The third kappa shape index (κ3) is 3.47. The number of nitrogens with zero attached hydrogens (tertiary/aromatic N) is 1. The van der Waals surface area contributed by atoms with Crippen LogP contribution in [0.4, 0.5) is 0 Å².